The van der Waals surface area contributed by atoms with E-state index in [0.717, 1.165) is 0 Å². The third kappa shape index (κ3) is 5.81. The summed E-state index contributed by atoms with van der Waals surface area (Å²) in [5, 5.41) is -0.773. The SMILES string of the molecule is CC(=O)O[C@@H]1[C@H](OC(C)=O)[C@@H]([C@@H](OC(C)=O)c2ccccc2)[Se][C@H]1OC(C)=O. The molecule has 1 fully saturated rings. The van der Waals surface area contributed by atoms with Gasteiger partial charge in [-0.05, 0) is 0 Å². The van der Waals surface area contributed by atoms with Crippen molar-refractivity contribution >= 4 is 38.8 Å². The Kier molecular flexibility index (Phi) is 7.60. The number of rotatable bonds is 6. The van der Waals surface area contributed by atoms with Crippen LogP contribution >= 0.6 is 0 Å². The standard InChI is InChI=1S/C19H22O8Se/c1-10(20)24-15(14-8-6-5-7-9-14)18-16(25-11(2)21)17(26-12(3)22)19(28-18)27-13(4)23/h5-9,15-19H,1-4H3/t15-,16-,17+,18+,19+/m0/s1. The van der Waals surface area contributed by atoms with Crippen LogP contribution in [-0.4, -0.2) is 56.0 Å². The van der Waals surface area contributed by atoms with Crippen LogP contribution in [0.4, 0.5) is 0 Å². The summed E-state index contributed by atoms with van der Waals surface area (Å²) in [6, 6.07) is 8.98. The van der Waals surface area contributed by atoms with E-state index in [4.69, 9.17) is 18.9 Å². The fraction of sp³-hybridized carbons (Fsp3) is 0.474. The summed E-state index contributed by atoms with van der Waals surface area (Å²) in [5.41, 5.74) is 0.701. The van der Waals surface area contributed by atoms with Gasteiger partial charge in [0.1, 0.15) is 0 Å². The molecule has 1 aromatic carbocycles. The Bertz CT molecular complexity index is 735. The fourth-order valence-corrected chi connectivity index (χ4v) is 6.27. The van der Waals surface area contributed by atoms with Crippen LogP contribution in [0.1, 0.15) is 39.4 Å². The molecule has 0 bridgehead atoms. The number of hydrogen-bond acceptors (Lipinski definition) is 8. The van der Waals surface area contributed by atoms with Gasteiger partial charge >= 0.3 is 169 Å². The molecule has 5 atom stereocenters. The first-order valence-electron chi connectivity index (χ1n) is 8.58. The van der Waals surface area contributed by atoms with E-state index in [-0.39, 0.29) is 0 Å². The number of carbonyl (C=O) groups is 4. The van der Waals surface area contributed by atoms with E-state index < -0.39 is 67.0 Å². The van der Waals surface area contributed by atoms with Gasteiger partial charge in [0.25, 0.3) is 0 Å². The van der Waals surface area contributed by atoms with Crippen LogP contribution in [0.25, 0.3) is 0 Å². The van der Waals surface area contributed by atoms with Gasteiger partial charge in [-0.25, -0.2) is 0 Å². The van der Waals surface area contributed by atoms with Crippen molar-refractivity contribution in [1.82, 2.24) is 0 Å². The molecule has 8 nitrogen and oxygen atoms in total. The average Bonchev–Trinajstić information content (AvgIpc) is 2.89. The third-order valence-electron chi connectivity index (χ3n) is 3.81. The Morgan fingerprint density at radius 1 is 0.786 bits per heavy atom. The molecule has 28 heavy (non-hydrogen) atoms. The summed E-state index contributed by atoms with van der Waals surface area (Å²) in [6.45, 7) is 4.98. The topological polar surface area (TPSA) is 105 Å². The molecule has 1 aliphatic heterocycles. The maximum absolute atomic E-state index is 11.7. The van der Waals surface area contributed by atoms with Gasteiger partial charge in [-0.2, -0.15) is 0 Å². The van der Waals surface area contributed by atoms with Crippen molar-refractivity contribution in [2.24, 2.45) is 0 Å². The van der Waals surface area contributed by atoms with Crippen molar-refractivity contribution in [2.45, 2.75) is 55.8 Å². The Morgan fingerprint density at radius 2 is 1.32 bits per heavy atom. The van der Waals surface area contributed by atoms with E-state index >= 15 is 0 Å². The third-order valence-corrected chi connectivity index (χ3v) is 6.88. The first-order chi connectivity index (χ1) is 13.2. The van der Waals surface area contributed by atoms with Crippen molar-refractivity contribution in [1.29, 1.82) is 0 Å². The van der Waals surface area contributed by atoms with Gasteiger partial charge in [0, 0.05) is 0 Å². The summed E-state index contributed by atoms with van der Waals surface area (Å²) >= 11 is -0.512. The van der Waals surface area contributed by atoms with Crippen LogP contribution in [0.15, 0.2) is 30.3 Å². The Balaban J connectivity index is 2.45. The molecule has 0 radical (unpaired) electrons. The molecule has 0 aromatic heterocycles. The first kappa shape index (κ1) is 21.9. The molecule has 0 saturated carbocycles. The van der Waals surface area contributed by atoms with Crippen molar-refractivity contribution in [2.75, 3.05) is 0 Å². The van der Waals surface area contributed by atoms with Gasteiger partial charge in [0.05, 0.1) is 0 Å². The summed E-state index contributed by atoms with van der Waals surface area (Å²) in [7, 11) is 0. The summed E-state index contributed by atoms with van der Waals surface area (Å²) in [6.07, 6.45) is -2.64. The van der Waals surface area contributed by atoms with Gasteiger partial charge in [-0.3, -0.25) is 0 Å². The summed E-state index contributed by atoms with van der Waals surface area (Å²) in [4.78, 5) is 46.1. The van der Waals surface area contributed by atoms with E-state index in [1.807, 2.05) is 6.07 Å². The molecular formula is C19H22O8Se. The van der Waals surface area contributed by atoms with Crippen molar-refractivity contribution in [3.8, 4) is 0 Å². The minimum absolute atomic E-state index is 0.508. The number of carbonyl (C=O) groups excluding carboxylic acids is 4. The van der Waals surface area contributed by atoms with Crippen molar-refractivity contribution < 1.29 is 38.1 Å². The summed E-state index contributed by atoms with van der Waals surface area (Å²) < 4.78 is 21.7. The first-order valence-corrected chi connectivity index (χ1v) is 10.6. The van der Waals surface area contributed by atoms with Gasteiger partial charge in [-0.1, -0.05) is 0 Å². The number of hydrogen-bond donors (Lipinski definition) is 0. The predicted molar refractivity (Wildman–Crippen MR) is 97.1 cm³/mol. The molecular weight excluding hydrogens is 435 g/mol. The van der Waals surface area contributed by atoms with Gasteiger partial charge in [-0.15, -0.1) is 0 Å². The zero-order valence-electron chi connectivity index (χ0n) is 15.9. The molecule has 0 amide bonds. The second-order valence-electron chi connectivity index (χ2n) is 6.17. The van der Waals surface area contributed by atoms with E-state index in [1.54, 1.807) is 24.3 Å². The molecule has 9 heteroatoms. The van der Waals surface area contributed by atoms with Gasteiger partial charge < -0.3 is 0 Å². The Labute approximate surface area is 169 Å². The number of ether oxygens (including phenoxy) is 4. The van der Waals surface area contributed by atoms with Gasteiger partial charge in [0.15, 0.2) is 0 Å². The average molecular weight is 457 g/mol. The normalized spacial score (nSPS) is 24.7. The van der Waals surface area contributed by atoms with Crippen LogP contribution in [0.2, 0.25) is 4.82 Å². The molecule has 152 valence electrons. The zero-order chi connectivity index (χ0) is 20.8. The van der Waals surface area contributed by atoms with Crippen LogP contribution in [0.5, 0.6) is 0 Å². The van der Waals surface area contributed by atoms with Crippen molar-refractivity contribution in [3.63, 3.8) is 0 Å². The Hall–Kier alpha value is -2.38. The number of esters is 4. The van der Waals surface area contributed by atoms with Crippen LogP contribution in [0.3, 0.4) is 0 Å². The molecule has 1 saturated heterocycles. The quantitative estimate of drug-likeness (QED) is 0.360. The monoisotopic (exact) mass is 458 g/mol. The molecule has 1 heterocycles. The number of benzene rings is 1. The zero-order valence-corrected chi connectivity index (χ0v) is 17.7. The molecule has 0 spiro atoms. The van der Waals surface area contributed by atoms with E-state index in [9.17, 15) is 19.2 Å². The van der Waals surface area contributed by atoms with E-state index in [0.29, 0.717) is 5.56 Å². The fourth-order valence-electron chi connectivity index (χ4n) is 2.94. The van der Waals surface area contributed by atoms with Crippen LogP contribution in [-0.2, 0) is 38.1 Å². The molecule has 1 aromatic rings. The molecule has 2 rings (SSSR count). The Morgan fingerprint density at radius 3 is 1.82 bits per heavy atom. The van der Waals surface area contributed by atoms with E-state index in [2.05, 4.69) is 0 Å². The van der Waals surface area contributed by atoms with E-state index in [1.165, 1.54) is 27.7 Å². The second-order valence-corrected chi connectivity index (χ2v) is 8.86. The van der Waals surface area contributed by atoms with Crippen LogP contribution in [0, 0.1) is 0 Å². The molecule has 0 aliphatic carbocycles. The van der Waals surface area contributed by atoms with Crippen LogP contribution < -0.4 is 0 Å². The maximum atomic E-state index is 11.7. The predicted octanol–water partition coefficient (Wildman–Crippen LogP) is 1.55. The second kappa shape index (κ2) is 9.70. The molecule has 0 N–H and O–H groups in total. The van der Waals surface area contributed by atoms with Crippen molar-refractivity contribution in [3.05, 3.63) is 35.9 Å². The summed E-state index contributed by atoms with van der Waals surface area (Å²) in [5.74, 6) is -2.23. The molecule has 0 unspecified atom stereocenters. The van der Waals surface area contributed by atoms with Gasteiger partial charge in [0.2, 0.25) is 0 Å². The molecule has 1 aliphatic rings. The minimum atomic E-state index is -0.975.